The third-order valence-electron chi connectivity index (χ3n) is 6.91. The minimum absolute atomic E-state index is 0.224. The lowest BCUT2D eigenvalue weighted by Gasteiger charge is -2.37. The van der Waals surface area contributed by atoms with Crippen LogP contribution in [0.2, 0.25) is 0 Å². The van der Waals surface area contributed by atoms with E-state index in [0.29, 0.717) is 25.2 Å². The molecule has 1 fully saturated rings. The monoisotopic (exact) mass is 443 g/mol. The Labute approximate surface area is 187 Å². The minimum atomic E-state index is -0.333. The van der Waals surface area contributed by atoms with E-state index in [2.05, 4.69) is 14.5 Å². The molecule has 0 N–H and O–H groups in total. The molecule has 0 unspecified atom stereocenters. The summed E-state index contributed by atoms with van der Waals surface area (Å²) in [5.41, 5.74) is 4.63. The van der Waals surface area contributed by atoms with Gasteiger partial charge in [0, 0.05) is 57.6 Å². The number of fused-ring (bicyclic) bond motifs is 2. The summed E-state index contributed by atoms with van der Waals surface area (Å²) in [6.07, 6.45) is 2.22. The van der Waals surface area contributed by atoms with Gasteiger partial charge in [-0.2, -0.15) is 5.10 Å². The zero-order valence-corrected chi connectivity index (χ0v) is 18.9. The number of amides is 1. The molecule has 32 heavy (non-hydrogen) atoms. The highest BCUT2D eigenvalue weighted by Crippen LogP contribution is 2.42. The highest BCUT2D eigenvalue weighted by atomic mass is 19.1. The molecular formula is C23H30FN5O3. The fraction of sp³-hybridized carbons (Fsp3) is 0.565. The van der Waals surface area contributed by atoms with Gasteiger partial charge in [0.25, 0.3) is 0 Å². The first-order valence-corrected chi connectivity index (χ1v) is 11.3. The number of anilines is 3. The Kier molecular flexibility index (Phi) is 5.44. The van der Waals surface area contributed by atoms with Gasteiger partial charge >= 0.3 is 6.09 Å². The van der Waals surface area contributed by atoms with Crippen LogP contribution in [0.25, 0.3) is 0 Å². The molecule has 5 rings (SSSR count). The Bertz CT molecular complexity index is 1030. The molecule has 9 heteroatoms. The molecule has 3 aliphatic heterocycles. The summed E-state index contributed by atoms with van der Waals surface area (Å²) in [6, 6.07) is 3.79. The van der Waals surface area contributed by atoms with Crippen molar-refractivity contribution in [3.05, 3.63) is 34.8 Å². The number of likely N-dealkylation sites (N-methyl/N-ethyl adjacent to an activating group) is 1. The van der Waals surface area contributed by atoms with Crippen LogP contribution in [0.3, 0.4) is 0 Å². The van der Waals surface area contributed by atoms with Crippen LogP contribution < -0.4 is 9.80 Å². The molecule has 0 bridgehead atoms. The van der Waals surface area contributed by atoms with E-state index in [0.717, 1.165) is 61.8 Å². The first kappa shape index (κ1) is 21.1. The summed E-state index contributed by atoms with van der Waals surface area (Å²) in [5, 5.41) is 5.10. The second kappa shape index (κ2) is 8.27. The number of ether oxygens (including phenoxy) is 2. The Morgan fingerprint density at radius 2 is 1.97 bits per heavy atom. The average Bonchev–Trinajstić information content (AvgIpc) is 3.19. The summed E-state index contributed by atoms with van der Waals surface area (Å²) in [7, 11) is 3.44. The van der Waals surface area contributed by atoms with E-state index in [-0.39, 0.29) is 18.0 Å². The lowest BCUT2D eigenvalue weighted by atomic mass is 10.0. The van der Waals surface area contributed by atoms with Crippen molar-refractivity contribution >= 4 is 23.3 Å². The van der Waals surface area contributed by atoms with Crippen LogP contribution in [-0.4, -0.2) is 67.8 Å². The van der Waals surface area contributed by atoms with Gasteiger partial charge in [0.2, 0.25) is 0 Å². The van der Waals surface area contributed by atoms with Gasteiger partial charge < -0.3 is 24.2 Å². The third-order valence-corrected chi connectivity index (χ3v) is 6.91. The number of hydrogen-bond donors (Lipinski definition) is 0. The van der Waals surface area contributed by atoms with Crippen molar-refractivity contribution in [3.8, 4) is 0 Å². The van der Waals surface area contributed by atoms with Crippen molar-refractivity contribution in [1.82, 2.24) is 14.7 Å². The van der Waals surface area contributed by atoms with Gasteiger partial charge in [-0.05, 0) is 37.5 Å². The van der Waals surface area contributed by atoms with E-state index in [1.807, 2.05) is 13.1 Å². The topological polar surface area (TPSA) is 63.1 Å². The molecule has 4 heterocycles. The van der Waals surface area contributed by atoms with Crippen LogP contribution in [0, 0.1) is 12.7 Å². The number of halogens is 1. The summed E-state index contributed by atoms with van der Waals surface area (Å²) >= 11 is 0. The minimum Gasteiger partial charge on any atom is -0.453 e. The average molecular weight is 444 g/mol. The zero-order chi connectivity index (χ0) is 22.4. The Hall–Kier alpha value is -2.81. The maximum atomic E-state index is 14.6. The number of aryl methyl sites for hydroxylation is 1. The van der Waals surface area contributed by atoms with Gasteiger partial charge in [0.05, 0.1) is 31.1 Å². The van der Waals surface area contributed by atoms with E-state index >= 15 is 0 Å². The van der Waals surface area contributed by atoms with Crippen LogP contribution in [0.15, 0.2) is 12.1 Å². The van der Waals surface area contributed by atoms with Crippen LogP contribution >= 0.6 is 0 Å². The van der Waals surface area contributed by atoms with Crippen molar-refractivity contribution in [2.45, 2.75) is 38.8 Å². The van der Waals surface area contributed by atoms with Crippen molar-refractivity contribution in [3.63, 3.8) is 0 Å². The molecule has 1 amide bonds. The molecule has 172 valence electrons. The fourth-order valence-electron chi connectivity index (χ4n) is 5.05. The molecule has 0 spiro atoms. The molecule has 2 aromatic rings. The number of methoxy groups -OCH3 is 1. The van der Waals surface area contributed by atoms with E-state index in [9.17, 15) is 9.18 Å². The van der Waals surface area contributed by atoms with E-state index < -0.39 is 0 Å². The van der Waals surface area contributed by atoms with Gasteiger partial charge in [0.1, 0.15) is 5.82 Å². The quantitative estimate of drug-likeness (QED) is 0.709. The lowest BCUT2D eigenvalue weighted by molar-refractivity contribution is 0.0649. The molecule has 3 aliphatic rings. The molecule has 0 radical (unpaired) electrons. The normalized spacial score (nSPS) is 19.1. The van der Waals surface area contributed by atoms with Crippen molar-refractivity contribution in [2.75, 3.05) is 56.8 Å². The second-order valence-electron chi connectivity index (χ2n) is 8.84. The van der Waals surface area contributed by atoms with E-state index in [1.165, 1.54) is 12.8 Å². The molecule has 8 nitrogen and oxygen atoms in total. The first-order chi connectivity index (χ1) is 15.5. The fourth-order valence-corrected chi connectivity index (χ4v) is 5.05. The third kappa shape index (κ3) is 3.48. The van der Waals surface area contributed by atoms with Crippen molar-refractivity contribution in [1.29, 1.82) is 0 Å². The van der Waals surface area contributed by atoms with Crippen LogP contribution in [0.5, 0.6) is 0 Å². The second-order valence-corrected chi connectivity index (χ2v) is 8.84. The molecule has 0 aliphatic carbocycles. The number of carbonyl (C=O) groups is 1. The summed E-state index contributed by atoms with van der Waals surface area (Å²) < 4.78 is 27.3. The van der Waals surface area contributed by atoms with Crippen molar-refractivity contribution in [2.24, 2.45) is 0 Å². The number of benzene rings is 1. The molecule has 1 aromatic heterocycles. The predicted molar refractivity (Wildman–Crippen MR) is 119 cm³/mol. The number of hydrogen-bond acceptors (Lipinski definition) is 6. The zero-order valence-electron chi connectivity index (χ0n) is 18.9. The number of carbonyl (C=O) groups excluding carboxylic acids is 1. The smallest absolute Gasteiger partial charge is 0.409 e. The van der Waals surface area contributed by atoms with Crippen LogP contribution in [-0.2, 0) is 22.4 Å². The number of nitrogens with zero attached hydrogens (tertiary/aromatic N) is 5. The number of rotatable bonds is 2. The Morgan fingerprint density at radius 1 is 1.19 bits per heavy atom. The molecule has 0 atom stereocenters. The number of aromatic nitrogens is 2. The maximum absolute atomic E-state index is 14.6. The van der Waals surface area contributed by atoms with Gasteiger partial charge in [-0.15, -0.1) is 0 Å². The molecule has 0 saturated carbocycles. The van der Waals surface area contributed by atoms with E-state index in [1.54, 1.807) is 17.9 Å². The van der Waals surface area contributed by atoms with Gasteiger partial charge in [0.15, 0.2) is 5.82 Å². The largest absolute Gasteiger partial charge is 0.453 e. The van der Waals surface area contributed by atoms with Gasteiger partial charge in [-0.3, -0.25) is 4.68 Å². The summed E-state index contributed by atoms with van der Waals surface area (Å²) in [4.78, 5) is 18.3. The van der Waals surface area contributed by atoms with Gasteiger partial charge in [-0.25, -0.2) is 9.18 Å². The standard InChI is InChI=1S/C23H30FN5O3/c1-15-12-20-21(13-18(15)24)28(9-8-26(20)2)22-17-14-27(23(30)31-3)7-4-19(17)29(25-22)16-5-10-32-11-6-16/h12-13,16H,4-11,14H2,1-3H3. The maximum Gasteiger partial charge on any atom is 0.409 e. The predicted octanol–water partition coefficient (Wildman–Crippen LogP) is 3.39. The van der Waals surface area contributed by atoms with Crippen molar-refractivity contribution < 1.29 is 18.7 Å². The molecule has 1 aromatic carbocycles. The van der Waals surface area contributed by atoms with Gasteiger partial charge in [-0.1, -0.05) is 0 Å². The Balaban J connectivity index is 1.61. The van der Waals surface area contributed by atoms with E-state index in [4.69, 9.17) is 14.6 Å². The van der Waals surface area contributed by atoms with Crippen LogP contribution in [0.1, 0.15) is 35.7 Å². The molecular weight excluding hydrogens is 413 g/mol. The highest BCUT2D eigenvalue weighted by molar-refractivity contribution is 5.80. The SMILES string of the molecule is COC(=O)N1CCc2c(c(N3CCN(C)c4cc(C)c(F)cc43)nn2C2CCOCC2)C1. The molecule has 1 saturated heterocycles. The Morgan fingerprint density at radius 3 is 2.72 bits per heavy atom. The first-order valence-electron chi connectivity index (χ1n) is 11.3. The highest BCUT2D eigenvalue weighted by Gasteiger charge is 2.35. The van der Waals surface area contributed by atoms with Crippen LogP contribution in [0.4, 0.5) is 26.4 Å². The lowest BCUT2D eigenvalue weighted by Crippen LogP contribution is -2.39. The summed E-state index contributed by atoms with van der Waals surface area (Å²) in [5.74, 6) is 0.593. The summed E-state index contributed by atoms with van der Waals surface area (Å²) in [6.45, 7) is 5.78.